The van der Waals surface area contributed by atoms with E-state index in [9.17, 15) is 4.79 Å². The van der Waals surface area contributed by atoms with Gasteiger partial charge in [-0.1, -0.05) is 0 Å². The van der Waals surface area contributed by atoms with Gasteiger partial charge in [-0.05, 0) is 13.3 Å². The minimum absolute atomic E-state index is 0.362. The summed E-state index contributed by atoms with van der Waals surface area (Å²) in [6.07, 6.45) is 2.97. The third kappa shape index (κ3) is 1.59. The van der Waals surface area contributed by atoms with Crippen molar-refractivity contribution >= 4 is 5.97 Å². The van der Waals surface area contributed by atoms with Crippen LogP contribution in [0.2, 0.25) is 0 Å². The number of aryl methyl sites for hydroxylation is 2. The van der Waals surface area contributed by atoms with Crippen LogP contribution in [0, 0.1) is 12.8 Å². The fraction of sp³-hybridized carbons (Fsp3) is 0.455. The first-order chi connectivity index (χ1) is 8.66. The van der Waals surface area contributed by atoms with Gasteiger partial charge in [0.1, 0.15) is 5.82 Å². The number of carboxylic acid groups (broad SMARTS) is 1. The molecule has 0 bridgehead atoms. The lowest BCUT2D eigenvalue weighted by atomic mass is 9.99. The summed E-state index contributed by atoms with van der Waals surface area (Å²) >= 11 is 0. The Morgan fingerprint density at radius 3 is 3.06 bits per heavy atom. The molecule has 3 heterocycles. The van der Waals surface area contributed by atoms with Gasteiger partial charge in [-0.25, -0.2) is 0 Å². The predicted molar refractivity (Wildman–Crippen MR) is 61.8 cm³/mol. The van der Waals surface area contributed by atoms with E-state index in [2.05, 4.69) is 20.4 Å². The zero-order valence-corrected chi connectivity index (χ0v) is 9.92. The molecule has 18 heavy (non-hydrogen) atoms. The average molecular weight is 247 g/mol. The summed E-state index contributed by atoms with van der Waals surface area (Å²) in [6, 6.07) is 0. The first-order valence-electron chi connectivity index (χ1n) is 5.82. The van der Waals surface area contributed by atoms with Gasteiger partial charge in [-0.2, -0.15) is 5.10 Å². The van der Waals surface area contributed by atoms with Gasteiger partial charge < -0.3 is 9.67 Å². The summed E-state index contributed by atoms with van der Waals surface area (Å²) in [5.74, 6) is 0.425. The molecule has 2 N–H and O–H groups in total. The maximum atomic E-state index is 11.1. The van der Waals surface area contributed by atoms with Crippen molar-refractivity contribution in [3.8, 4) is 11.4 Å². The van der Waals surface area contributed by atoms with Crippen molar-refractivity contribution in [1.29, 1.82) is 0 Å². The molecule has 0 aliphatic carbocycles. The number of carbonyl (C=O) groups is 1. The van der Waals surface area contributed by atoms with Gasteiger partial charge in [0.25, 0.3) is 0 Å². The van der Waals surface area contributed by atoms with E-state index in [-0.39, 0.29) is 5.92 Å². The summed E-state index contributed by atoms with van der Waals surface area (Å²) in [5.41, 5.74) is 1.78. The Morgan fingerprint density at radius 2 is 2.39 bits per heavy atom. The molecule has 1 unspecified atom stereocenters. The molecule has 1 aliphatic heterocycles. The van der Waals surface area contributed by atoms with Gasteiger partial charge in [-0.3, -0.25) is 9.89 Å². The maximum absolute atomic E-state index is 11.1. The van der Waals surface area contributed by atoms with E-state index in [0.717, 1.165) is 17.1 Å². The first kappa shape index (κ1) is 10.9. The number of hydrogen-bond donors (Lipinski definition) is 2. The van der Waals surface area contributed by atoms with Crippen LogP contribution in [0.1, 0.15) is 17.9 Å². The van der Waals surface area contributed by atoms with Crippen LogP contribution in [-0.4, -0.2) is 36.0 Å². The Balaban J connectivity index is 2.03. The van der Waals surface area contributed by atoms with E-state index in [1.165, 1.54) is 0 Å². The van der Waals surface area contributed by atoms with Gasteiger partial charge in [0.05, 0.1) is 17.7 Å². The number of aromatic nitrogens is 5. The van der Waals surface area contributed by atoms with Crippen LogP contribution >= 0.6 is 0 Å². The molecule has 0 spiro atoms. The molecule has 0 radical (unpaired) electrons. The molecule has 0 amide bonds. The smallest absolute Gasteiger partial charge is 0.308 e. The molecule has 2 aromatic rings. The van der Waals surface area contributed by atoms with Crippen LogP contribution in [0.4, 0.5) is 0 Å². The Bertz CT molecular complexity index is 600. The zero-order chi connectivity index (χ0) is 12.7. The topological polar surface area (TPSA) is 96.7 Å². The van der Waals surface area contributed by atoms with Gasteiger partial charge >= 0.3 is 5.97 Å². The second-order valence-electron chi connectivity index (χ2n) is 4.53. The van der Waals surface area contributed by atoms with E-state index in [1.54, 1.807) is 6.20 Å². The second kappa shape index (κ2) is 3.94. The lowest BCUT2D eigenvalue weighted by Crippen LogP contribution is -2.27. The molecule has 1 atom stereocenters. The number of H-pyrrole nitrogens is 1. The number of fused-ring (bicyclic) bond motifs is 1. The lowest BCUT2D eigenvalue weighted by Gasteiger charge is -2.20. The fourth-order valence-electron chi connectivity index (χ4n) is 2.30. The van der Waals surface area contributed by atoms with E-state index in [4.69, 9.17) is 5.11 Å². The highest BCUT2D eigenvalue weighted by atomic mass is 16.4. The van der Waals surface area contributed by atoms with Crippen molar-refractivity contribution in [2.24, 2.45) is 5.92 Å². The molecular weight excluding hydrogens is 234 g/mol. The summed E-state index contributed by atoms with van der Waals surface area (Å²) < 4.78 is 1.89. The quantitative estimate of drug-likeness (QED) is 0.811. The number of hydrogen-bond acceptors (Lipinski definition) is 4. The molecular formula is C11H13N5O2. The summed E-state index contributed by atoms with van der Waals surface area (Å²) in [6.45, 7) is 2.33. The third-order valence-corrected chi connectivity index (χ3v) is 3.37. The van der Waals surface area contributed by atoms with Crippen molar-refractivity contribution in [2.45, 2.75) is 26.3 Å². The van der Waals surface area contributed by atoms with Gasteiger partial charge in [-0.15, -0.1) is 10.2 Å². The van der Waals surface area contributed by atoms with E-state index >= 15 is 0 Å². The summed E-state index contributed by atoms with van der Waals surface area (Å²) in [4.78, 5) is 11.1. The standard InChI is InChI=1S/C11H13N5O2/c1-6-8(4-12-13-6)10-15-14-9-3-2-7(11(17)18)5-16(9)10/h4,7H,2-3,5H2,1H3,(H,12,13)(H,17,18). The highest BCUT2D eigenvalue weighted by Crippen LogP contribution is 2.26. The monoisotopic (exact) mass is 247 g/mol. The molecule has 0 saturated carbocycles. The Labute approximate surface area is 103 Å². The summed E-state index contributed by atoms with van der Waals surface area (Å²) in [5, 5.41) is 24.2. The number of aromatic amines is 1. The molecule has 7 nitrogen and oxygen atoms in total. The SMILES string of the molecule is Cc1[nH]ncc1-c1nnc2n1CC(C(=O)O)CC2. The van der Waals surface area contributed by atoms with E-state index in [1.807, 2.05) is 11.5 Å². The Morgan fingerprint density at radius 1 is 1.56 bits per heavy atom. The fourth-order valence-corrected chi connectivity index (χ4v) is 2.30. The Hall–Kier alpha value is -2.18. The van der Waals surface area contributed by atoms with Crippen LogP contribution < -0.4 is 0 Å². The first-order valence-corrected chi connectivity index (χ1v) is 5.82. The van der Waals surface area contributed by atoms with E-state index in [0.29, 0.717) is 25.2 Å². The molecule has 94 valence electrons. The average Bonchev–Trinajstić information content (AvgIpc) is 2.93. The second-order valence-corrected chi connectivity index (χ2v) is 4.53. The van der Waals surface area contributed by atoms with Crippen molar-refractivity contribution < 1.29 is 9.90 Å². The molecule has 7 heteroatoms. The minimum Gasteiger partial charge on any atom is -0.481 e. The molecule has 0 saturated heterocycles. The van der Waals surface area contributed by atoms with Gasteiger partial charge in [0.15, 0.2) is 5.82 Å². The van der Waals surface area contributed by atoms with Crippen molar-refractivity contribution in [3.63, 3.8) is 0 Å². The largest absolute Gasteiger partial charge is 0.481 e. The number of nitrogens with one attached hydrogen (secondary N) is 1. The van der Waals surface area contributed by atoms with E-state index < -0.39 is 5.97 Å². The number of nitrogens with zero attached hydrogens (tertiary/aromatic N) is 4. The van der Waals surface area contributed by atoms with Crippen LogP contribution in [-0.2, 0) is 17.8 Å². The molecule has 1 aliphatic rings. The van der Waals surface area contributed by atoms with Crippen LogP contribution in [0.3, 0.4) is 0 Å². The number of carboxylic acids is 1. The summed E-state index contributed by atoms with van der Waals surface area (Å²) in [7, 11) is 0. The molecule has 2 aromatic heterocycles. The lowest BCUT2D eigenvalue weighted by molar-refractivity contribution is -0.142. The van der Waals surface area contributed by atoms with Crippen molar-refractivity contribution in [1.82, 2.24) is 25.0 Å². The molecule has 3 rings (SSSR count). The van der Waals surface area contributed by atoms with Crippen LogP contribution in [0.25, 0.3) is 11.4 Å². The predicted octanol–water partition coefficient (Wildman–Crippen LogP) is 0.624. The third-order valence-electron chi connectivity index (χ3n) is 3.37. The maximum Gasteiger partial charge on any atom is 0.308 e. The molecule has 0 aromatic carbocycles. The molecule has 0 fully saturated rings. The minimum atomic E-state index is -0.760. The van der Waals surface area contributed by atoms with Crippen molar-refractivity contribution in [2.75, 3.05) is 0 Å². The Kier molecular flexibility index (Phi) is 2.39. The van der Waals surface area contributed by atoms with Crippen molar-refractivity contribution in [3.05, 3.63) is 17.7 Å². The van der Waals surface area contributed by atoms with Crippen LogP contribution in [0.15, 0.2) is 6.20 Å². The normalized spacial score (nSPS) is 18.6. The number of rotatable bonds is 2. The van der Waals surface area contributed by atoms with Crippen LogP contribution in [0.5, 0.6) is 0 Å². The number of aliphatic carboxylic acids is 1. The van der Waals surface area contributed by atoms with Gasteiger partial charge in [0, 0.05) is 18.7 Å². The highest BCUT2D eigenvalue weighted by Gasteiger charge is 2.28. The highest BCUT2D eigenvalue weighted by molar-refractivity contribution is 5.70. The van der Waals surface area contributed by atoms with Gasteiger partial charge in [0.2, 0.25) is 0 Å². The zero-order valence-electron chi connectivity index (χ0n) is 9.92.